The number of nitrogens with one attached hydrogen (secondary N) is 1. The van der Waals surface area contributed by atoms with E-state index in [1.165, 1.54) is 6.92 Å². The van der Waals surface area contributed by atoms with Crippen molar-refractivity contribution in [3.63, 3.8) is 0 Å². The van der Waals surface area contributed by atoms with Gasteiger partial charge in [0.15, 0.2) is 0 Å². The molecule has 0 aliphatic rings. The molecule has 19 heavy (non-hydrogen) atoms. The average molecular weight is 273 g/mol. The fraction of sp³-hybridized carbons (Fsp3) is 0.167. The van der Waals surface area contributed by atoms with Crippen LogP contribution in [0, 0.1) is 6.92 Å². The highest BCUT2D eigenvalue weighted by Crippen LogP contribution is 2.39. The molecule has 0 aliphatic carbocycles. The Bertz CT molecular complexity index is 550. The number of aryl methyl sites for hydroxylation is 1. The number of rotatable bonds is 3. The fourth-order valence-electron chi connectivity index (χ4n) is 1.55. The van der Waals surface area contributed by atoms with Crippen LogP contribution in [0.25, 0.3) is 0 Å². The third-order valence-corrected chi connectivity index (χ3v) is 2.36. The second-order valence-corrected chi connectivity index (χ2v) is 3.68. The van der Waals surface area contributed by atoms with Crippen LogP contribution in [0.5, 0.6) is 0 Å². The molecule has 0 spiro atoms. The zero-order valence-electron chi connectivity index (χ0n) is 9.84. The Labute approximate surface area is 106 Å². The number of benzene rings is 1. The van der Waals surface area contributed by atoms with Crippen LogP contribution in [-0.4, -0.2) is 17.0 Å². The normalized spacial score (nSPS) is 10.9. The molecule has 0 heterocycles. The molecule has 0 bridgehead atoms. The van der Waals surface area contributed by atoms with Crippen LogP contribution in [0.2, 0.25) is 0 Å². The molecule has 0 aromatic heterocycles. The highest BCUT2D eigenvalue weighted by atomic mass is 19.4. The van der Waals surface area contributed by atoms with E-state index in [0.29, 0.717) is 0 Å². The summed E-state index contributed by atoms with van der Waals surface area (Å²) in [5, 5.41) is 10.8. The summed E-state index contributed by atoms with van der Waals surface area (Å²) in [7, 11) is 0. The summed E-state index contributed by atoms with van der Waals surface area (Å²) in [4.78, 5) is 22.1. The summed E-state index contributed by atoms with van der Waals surface area (Å²) in [6, 6.07) is 2.04. The molecule has 0 saturated heterocycles. The maximum absolute atomic E-state index is 12.9. The number of anilines is 1. The number of amides is 1. The predicted octanol–water partition coefficient (Wildman–Crippen LogP) is 2.84. The Hall–Kier alpha value is -2.31. The van der Waals surface area contributed by atoms with Gasteiger partial charge in [-0.2, -0.15) is 13.2 Å². The van der Waals surface area contributed by atoms with Crippen molar-refractivity contribution in [2.45, 2.75) is 13.1 Å². The number of carboxylic acid groups (broad SMARTS) is 1. The molecule has 0 aliphatic heterocycles. The smallest absolute Gasteiger partial charge is 0.418 e. The summed E-state index contributed by atoms with van der Waals surface area (Å²) >= 11 is 0. The maximum Gasteiger partial charge on any atom is 0.418 e. The first-order valence-electron chi connectivity index (χ1n) is 5.06. The number of alkyl halides is 3. The minimum Gasteiger partial charge on any atom is -0.478 e. The average Bonchev–Trinajstić information content (AvgIpc) is 2.26. The largest absolute Gasteiger partial charge is 0.478 e. The second kappa shape index (κ2) is 5.13. The van der Waals surface area contributed by atoms with Gasteiger partial charge in [0.2, 0.25) is 5.91 Å². The van der Waals surface area contributed by atoms with E-state index in [0.717, 1.165) is 18.2 Å². The van der Waals surface area contributed by atoms with E-state index < -0.39 is 34.9 Å². The van der Waals surface area contributed by atoms with Crippen molar-refractivity contribution in [3.8, 4) is 0 Å². The lowest BCUT2D eigenvalue weighted by Gasteiger charge is -2.17. The molecule has 1 aromatic rings. The van der Waals surface area contributed by atoms with Gasteiger partial charge in [-0.1, -0.05) is 12.6 Å². The van der Waals surface area contributed by atoms with Gasteiger partial charge in [0.25, 0.3) is 0 Å². The third kappa shape index (κ3) is 3.12. The number of carbonyl (C=O) groups is 2. The molecule has 1 rings (SSSR count). The lowest BCUT2D eigenvalue weighted by atomic mass is 10.0. The molecule has 0 radical (unpaired) electrons. The number of carboxylic acids is 1. The molecular weight excluding hydrogens is 263 g/mol. The third-order valence-electron chi connectivity index (χ3n) is 2.36. The summed E-state index contributed by atoms with van der Waals surface area (Å²) < 4.78 is 38.8. The predicted molar refractivity (Wildman–Crippen MR) is 62.0 cm³/mol. The first-order chi connectivity index (χ1) is 8.68. The van der Waals surface area contributed by atoms with Crippen LogP contribution in [0.3, 0.4) is 0 Å². The van der Waals surface area contributed by atoms with Crippen LogP contribution in [0.4, 0.5) is 18.9 Å². The summed E-state index contributed by atoms with van der Waals surface area (Å²) in [6.45, 7) is 4.28. The van der Waals surface area contributed by atoms with Crippen LogP contribution in [0.15, 0.2) is 24.8 Å². The van der Waals surface area contributed by atoms with Crippen molar-refractivity contribution in [1.82, 2.24) is 0 Å². The van der Waals surface area contributed by atoms with E-state index in [4.69, 9.17) is 5.11 Å². The Morgan fingerprint density at radius 3 is 2.37 bits per heavy atom. The van der Waals surface area contributed by atoms with Gasteiger partial charge in [-0.3, -0.25) is 4.79 Å². The molecule has 1 aromatic carbocycles. The first-order valence-corrected chi connectivity index (χ1v) is 5.06. The van der Waals surface area contributed by atoms with Crippen LogP contribution in [0.1, 0.15) is 21.5 Å². The van der Waals surface area contributed by atoms with Crippen molar-refractivity contribution in [2.75, 3.05) is 5.32 Å². The van der Waals surface area contributed by atoms with E-state index >= 15 is 0 Å². The molecule has 1 amide bonds. The highest BCUT2D eigenvalue weighted by molar-refractivity contribution is 6.05. The molecule has 0 unspecified atom stereocenters. The Balaban J connectivity index is 3.59. The van der Waals surface area contributed by atoms with Crippen molar-refractivity contribution in [1.29, 1.82) is 0 Å². The molecular formula is C12H10F3NO3. The van der Waals surface area contributed by atoms with Crippen LogP contribution < -0.4 is 5.32 Å². The van der Waals surface area contributed by atoms with Gasteiger partial charge in [0, 0.05) is 0 Å². The molecule has 2 N–H and O–H groups in total. The molecule has 4 nitrogen and oxygen atoms in total. The zero-order chi connectivity index (χ0) is 14.8. The minimum atomic E-state index is -4.78. The Morgan fingerprint density at radius 2 is 1.95 bits per heavy atom. The number of carbonyl (C=O) groups excluding carboxylic acids is 1. The van der Waals surface area contributed by atoms with Crippen LogP contribution in [-0.2, 0) is 11.0 Å². The lowest BCUT2D eigenvalue weighted by Crippen LogP contribution is -2.19. The monoisotopic (exact) mass is 273 g/mol. The van der Waals surface area contributed by atoms with Gasteiger partial charge < -0.3 is 10.4 Å². The SMILES string of the molecule is C=CC(=O)Nc1c(C(=O)O)ccc(C)c1C(F)(F)F. The lowest BCUT2D eigenvalue weighted by molar-refractivity contribution is -0.137. The minimum absolute atomic E-state index is 0.183. The number of hydrogen-bond donors (Lipinski definition) is 2. The van der Waals surface area contributed by atoms with E-state index in [1.54, 1.807) is 0 Å². The number of aromatic carboxylic acids is 1. The van der Waals surface area contributed by atoms with Gasteiger partial charge in [-0.15, -0.1) is 0 Å². The summed E-state index contributed by atoms with van der Waals surface area (Å²) in [5.41, 5.74) is -2.77. The van der Waals surface area contributed by atoms with Crippen LogP contribution >= 0.6 is 0 Å². The van der Waals surface area contributed by atoms with Crippen molar-refractivity contribution < 1.29 is 27.9 Å². The fourth-order valence-corrected chi connectivity index (χ4v) is 1.55. The molecule has 102 valence electrons. The Kier molecular flexibility index (Phi) is 3.98. The van der Waals surface area contributed by atoms with Gasteiger partial charge in [-0.05, 0) is 24.6 Å². The van der Waals surface area contributed by atoms with Crippen molar-refractivity contribution in [2.24, 2.45) is 0 Å². The van der Waals surface area contributed by atoms with Gasteiger partial charge >= 0.3 is 12.1 Å². The number of halogens is 3. The summed E-state index contributed by atoms with van der Waals surface area (Å²) in [6.07, 6.45) is -4.02. The Morgan fingerprint density at radius 1 is 1.37 bits per heavy atom. The van der Waals surface area contributed by atoms with Gasteiger partial charge in [0.1, 0.15) is 0 Å². The zero-order valence-corrected chi connectivity index (χ0v) is 9.84. The first kappa shape index (κ1) is 14.7. The van der Waals surface area contributed by atoms with Gasteiger partial charge in [-0.25, -0.2) is 4.79 Å². The van der Waals surface area contributed by atoms with E-state index in [-0.39, 0.29) is 5.56 Å². The standard InChI is InChI=1S/C12H10F3NO3/c1-3-8(17)16-10-7(11(18)19)5-4-6(2)9(10)12(13,14)15/h3-5H,1H2,2H3,(H,16,17)(H,18,19). The van der Waals surface area contributed by atoms with Gasteiger partial charge in [0.05, 0.1) is 16.8 Å². The topological polar surface area (TPSA) is 66.4 Å². The van der Waals surface area contributed by atoms with E-state index in [2.05, 4.69) is 6.58 Å². The molecule has 0 saturated carbocycles. The van der Waals surface area contributed by atoms with Crippen molar-refractivity contribution in [3.05, 3.63) is 41.5 Å². The van der Waals surface area contributed by atoms with E-state index in [1.807, 2.05) is 5.32 Å². The van der Waals surface area contributed by atoms with Crippen molar-refractivity contribution >= 4 is 17.6 Å². The summed E-state index contributed by atoms with van der Waals surface area (Å²) in [5.74, 6) is -2.48. The molecule has 0 fully saturated rings. The second-order valence-electron chi connectivity index (χ2n) is 3.68. The highest BCUT2D eigenvalue weighted by Gasteiger charge is 2.37. The molecule has 7 heteroatoms. The number of hydrogen-bond acceptors (Lipinski definition) is 2. The quantitative estimate of drug-likeness (QED) is 0.832. The molecule has 0 atom stereocenters. The maximum atomic E-state index is 12.9. The van der Waals surface area contributed by atoms with E-state index in [9.17, 15) is 22.8 Å².